The number of aliphatic hydroxyl groups excluding tert-OH is 2. The van der Waals surface area contributed by atoms with Crippen molar-refractivity contribution in [2.75, 3.05) is 13.7 Å². The highest BCUT2D eigenvalue weighted by atomic mass is 16.6. The van der Waals surface area contributed by atoms with Crippen molar-refractivity contribution in [2.24, 2.45) is 4.99 Å². The van der Waals surface area contributed by atoms with Gasteiger partial charge in [-0.05, 0) is 25.1 Å². The lowest BCUT2D eigenvalue weighted by Gasteiger charge is -2.31. The van der Waals surface area contributed by atoms with E-state index in [9.17, 15) is 24.9 Å². The summed E-state index contributed by atoms with van der Waals surface area (Å²) in [5.74, 6) is -0.203. The molecule has 4 N–H and O–H groups in total. The van der Waals surface area contributed by atoms with Gasteiger partial charge in [-0.3, -0.25) is 19.5 Å². The molecule has 0 radical (unpaired) electrons. The van der Waals surface area contributed by atoms with Gasteiger partial charge in [0.05, 0.1) is 6.61 Å². The van der Waals surface area contributed by atoms with E-state index < -0.39 is 30.6 Å². The van der Waals surface area contributed by atoms with Gasteiger partial charge in [-0.15, -0.1) is 0 Å². The Bertz CT molecular complexity index is 719. The van der Waals surface area contributed by atoms with E-state index in [-0.39, 0.29) is 11.7 Å². The third kappa shape index (κ3) is 4.58. The molecule has 1 saturated heterocycles. The molecule has 1 aromatic rings. The Labute approximate surface area is 156 Å². The monoisotopic (exact) mass is 377 g/mol. The van der Waals surface area contributed by atoms with E-state index in [2.05, 4.69) is 10.3 Å². The first-order valence-electron chi connectivity index (χ1n) is 8.26. The molecule has 0 spiro atoms. The summed E-state index contributed by atoms with van der Waals surface area (Å²) in [6.45, 7) is 0.785. The van der Waals surface area contributed by atoms with Gasteiger partial charge in [0.15, 0.2) is 6.23 Å². The second kappa shape index (κ2) is 8.87. The first-order chi connectivity index (χ1) is 12.8. The number of amides is 2. The lowest BCUT2D eigenvalue weighted by molar-refractivity contribution is -0.144. The van der Waals surface area contributed by atoms with Crippen LogP contribution in [0.4, 0.5) is 0 Å². The predicted octanol–water partition coefficient (Wildman–Crippen LogP) is -0.754. The molecule has 1 heterocycles. The quantitative estimate of drug-likeness (QED) is 0.293. The molecule has 1 aliphatic heterocycles. The topological polar surface area (TPSA) is 132 Å². The van der Waals surface area contributed by atoms with Crippen LogP contribution in [0.15, 0.2) is 47.6 Å². The number of aliphatic imine (C=N–C) groups is 1. The van der Waals surface area contributed by atoms with Crippen molar-refractivity contribution in [3.05, 3.63) is 48.2 Å². The van der Waals surface area contributed by atoms with Crippen LogP contribution < -0.4 is 5.32 Å². The van der Waals surface area contributed by atoms with Crippen molar-refractivity contribution < 1.29 is 29.6 Å². The minimum absolute atomic E-state index is 0.174. The lowest BCUT2D eigenvalue weighted by atomic mass is 9.96. The van der Waals surface area contributed by atoms with Crippen molar-refractivity contribution >= 4 is 18.2 Å². The first-order valence-corrected chi connectivity index (χ1v) is 8.26. The van der Waals surface area contributed by atoms with Gasteiger partial charge in [0.2, 0.25) is 6.41 Å². The van der Waals surface area contributed by atoms with Gasteiger partial charge in [0.1, 0.15) is 23.6 Å². The maximum atomic E-state index is 12.2. The SMILES string of the molecule is C/N=C(\C=C/N(C=O)[C@@H]1O[C@H](CO)C(O)C1(C)O)NC(=O)c1ccccc1. The Balaban J connectivity index is 2.11. The van der Waals surface area contributed by atoms with Gasteiger partial charge in [-0.2, -0.15) is 0 Å². The Kier molecular flexibility index (Phi) is 6.81. The van der Waals surface area contributed by atoms with Crippen molar-refractivity contribution in [3.63, 3.8) is 0 Å². The van der Waals surface area contributed by atoms with E-state index in [1.165, 1.54) is 26.2 Å². The molecule has 1 aromatic carbocycles. The predicted molar refractivity (Wildman–Crippen MR) is 96.7 cm³/mol. The summed E-state index contributed by atoms with van der Waals surface area (Å²) in [5, 5.41) is 32.2. The molecule has 2 rings (SSSR count). The molecular formula is C18H23N3O6. The average Bonchev–Trinajstić information content (AvgIpc) is 2.91. The van der Waals surface area contributed by atoms with Crippen LogP contribution in [0.1, 0.15) is 17.3 Å². The largest absolute Gasteiger partial charge is 0.394 e. The van der Waals surface area contributed by atoms with Gasteiger partial charge in [-0.1, -0.05) is 18.2 Å². The number of ether oxygens (including phenoxy) is 1. The third-order valence-corrected chi connectivity index (χ3v) is 4.25. The summed E-state index contributed by atoms with van der Waals surface area (Å²) in [7, 11) is 1.46. The zero-order valence-electron chi connectivity index (χ0n) is 15.0. The van der Waals surface area contributed by atoms with Crippen LogP contribution in [0.3, 0.4) is 0 Å². The number of amidine groups is 1. The maximum absolute atomic E-state index is 12.2. The molecule has 0 saturated carbocycles. The molecule has 0 aliphatic carbocycles. The average molecular weight is 377 g/mol. The number of hydrogen-bond acceptors (Lipinski definition) is 7. The van der Waals surface area contributed by atoms with Crippen LogP contribution in [0, 0.1) is 0 Å². The molecule has 4 atom stereocenters. The highest BCUT2D eigenvalue weighted by Crippen LogP contribution is 2.32. The fourth-order valence-electron chi connectivity index (χ4n) is 2.69. The van der Waals surface area contributed by atoms with E-state index >= 15 is 0 Å². The van der Waals surface area contributed by atoms with Crippen LogP contribution in [-0.4, -0.2) is 76.1 Å². The normalized spacial score (nSPS) is 28.3. The summed E-state index contributed by atoms with van der Waals surface area (Å²) in [6, 6.07) is 8.52. The van der Waals surface area contributed by atoms with Crippen molar-refractivity contribution in [3.8, 4) is 0 Å². The zero-order chi connectivity index (χ0) is 20.0. The number of nitrogens with zero attached hydrogens (tertiary/aromatic N) is 2. The maximum Gasteiger partial charge on any atom is 0.256 e. The van der Waals surface area contributed by atoms with Gasteiger partial charge in [-0.25, -0.2) is 0 Å². The summed E-state index contributed by atoms with van der Waals surface area (Å²) in [5.41, 5.74) is -1.36. The van der Waals surface area contributed by atoms with Crippen molar-refractivity contribution in [2.45, 2.75) is 31.0 Å². The number of nitrogens with one attached hydrogen (secondary N) is 1. The fourth-order valence-corrected chi connectivity index (χ4v) is 2.69. The van der Waals surface area contributed by atoms with Crippen LogP contribution >= 0.6 is 0 Å². The second-order valence-electron chi connectivity index (χ2n) is 6.18. The van der Waals surface area contributed by atoms with Crippen LogP contribution in [0.2, 0.25) is 0 Å². The summed E-state index contributed by atoms with van der Waals surface area (Å²) < 4.78 is 5.37. The Hall–Kier alpha value is -2.59. The van der Waals surface area contributed by atoms with E-state index in [4.69, 9.17) is 4.74 Å². The van der Waals surface area contributed by atoms with Gasteiger partial charge in [0, 0.05) is 18.8 Å². The minimum Gasteiger partial charge on any atom is -0.394 e. The number of carbonyl (C=O) groups is 2. The minimum atomic E-state index is -1.80. The van der Waals surface area contributed by atoms with Gasteiger partial charge < -0.3 is 25.4 Å². The molecule has 1 fully saturated rings. The molecule has 1 aliphatic rings. The lowest BCUT2D eigenvalue weighted by Crippen LogP contribution is -2.51. The van der Waals surface area contributed by atoms with Crippen molar-refractivity contribution in [1.82, 2.24) is 10.2 Å². The number of rotatable bonds is 6. The molecule has 2 unspecified atom stereocenters. The highest BCUT2D eigenvalue weighted by Gasteiger charge is 2.53. The van der Waals surface area contributed by atoms with Gasteiger partial charge >= 0.3 is 0 Å². The molecule has 0 aromatic heterocycles. The molecule has 9 nitrogen and oxygen atoms in total. The Morgan fingerprint density at radius 2 is 2.07 bits per heavy atom. The molecule has 2 amide bonds. The van der Waals surface area contributed by atoms with E-state index in [0.29, 0.717) is 12.0 Å². The summed E-state index contributed by atoms with van der Waals surface area (Å²) >= 11 is 0. The highest BCUT2D eigenvalue weighted by molar-refractivity contribution is 6.10. The Morgan fingerprint density at radius 3 is 2.59 bits per heavy atom. The fraction of sp³-hybridized carbons (Fsp3) is 0.389. The summed E-state index contributed by atoms with van der Waals surface area (Å²) in [6.07, 6.45) is -0.617. The Morgan fingerprint density at radius 1 is 1.41 bits per heavy atom. The first kappa shape index (κ1) is 20.7. The number of hydrogen-bond donors (Lipinski definition) is 4. The number of benzene rings is 1. The van der Waals surface area contributed by atoms with Crippen LogP contribution in [-0.2, 0) is 9.53 Å². The van der Waals surface area contributed by atoms with Crippen molar-refractivity contribution in [1.29, 1.82) is 0 Å². The molecule has 9 heteroatoms. The smallest absolute Gasteiger partial charge is 0.256 e. The zero-order valence-corrected chi connectivity index (χ0v) is 15.0. The number of carbonyl (C=O) groups excluding carboxylic acids is 2. The van der Waals surface area contributed by atoms with Crippen LogP contribution in [0.25, 0.3) is 0 Å². The van der Waals surface area contributed by atoms with E-state index in [0.717, 1.165) is 4.90 Å². The second-order valence-corrected chi connectivity index (χ2v) is 6.18. The van der Waals surface area contributed by atoms with E-state index in [1.54, 1.807) is 30.3 Å². The molecular weight excluding hydrogens is 354 g/mol. The third-order valence-electron chi connectivity index (χ3n) is 4.25. The molecule has 0 bridgehead atoms. The molecule has 27 heavy (non-hydrogen) atoms. The van der Waals surface area contributed by atoms with Crippen LogP contribution in [0.5, 0.6) is 0 Å². The summed E-state index contributed by atoms with van der Waals surface area (Å²) in [4.78, 5) is 28.5. The van der Waals surface area contributed by atoms with Gasteiger partial charge in [0.25, 0.3) is 5.91 Å². The molecule has 146 valence electrons. The van der Waals surface area contributed by atoms with E-state index in [1.807, 2.05) is 0 Å². The standard InChI is InChI=1S/C18H23N3O6/c1-18(26)15(24)13(10-22)27-17(18)21(11-23)9-8-14(19-2)20-16(25)12-6-4-3-5-7-12/h3-9,11,13,15,17,22,24,26H,10H2,1-2H3,(H,19,20,25)/b9-8-/t13-,15?,17-,18?/m1/s1. The number of aliphatic hydroxyl groups is 3.